The molecular formula is C16H16FN3O. The minimum Gasteiger partial charge on any atom is -0.370 e. The fraction of sp³-hybridized carbons (Fsp3) is 0.188. The first-order chi connectivity index (χ1) is 10.1. The number of nitrogens with two attached hydrogens (primary N) is 1. The summed E-state index contributed by atoms with van der Waals surface area (Å²) < 4.78 is 13.7. The van der Waals surface area contributed by atoms with Crippen molar-refractivity contribution >= 4 is 17.3 Å². The molecule has 3 N–H and O–H groups in total. The van der Waals surface area contributed by atoms with Gasteiger partial charge in [-0.3, -0.25) is 4.79 Å². The Morgan fingerprint density at radius 2 is 2.05 bits per heavy atom. The Labute approximate surface area is 122 Å². The van der Waals surface area contributed by atoms with Crippen molar-refractivity contribution in [2.75, 3.05) is 17.3 Å². The third-order valence-electron chi connectivity index (χ3n) is 3.72. The molecule has 21 heavy (non-hydrogen) atoms. The lowest BCUT2D eigenvalue weighted by atomic mass is 10.1. The summed E-state index contributed by atoms with van der Waals surface area (Å²) in [5, 5.41) is 2.75. The average Bonchev–Trinajstić information content (AvgIpc) is 2.76. The van der Waals surface area contributed by atoms with Crippen molar-refractivity contribution in [3.8, 4) is 0 Å². The van der Waals surface area contributed by atoms with Gasteiger partial charge in [0, 0.05) is 36.1 Å². The van der Waals surface area contributed by atoms with Crippen molar-refractivity contribution in [1.29, 1.82) is 0 Å². The Bertz CT molecular complexity index is 702. The highest BCUT2D eigenvalue weighted by molar-refractivity contribution is 6.02. The van der Waals surface area contributed by atoms with Crippen LogP contribution in [0.15, 0.2) is 42.5 Å². The number of hydrogen-bond acceptors (Lipinski definition) is 3. The van der Waals surface area contributed by atoms with E-state index in [4.69, 9.17) is 5.73 Å². The molecule has 0 saturated heterocycles. The summed E-state index contributed by atoms with van der Waals surface area (Å²) in [5.74, 6) is -0.417. The second kappa shape index (κ2) is 5.18. The van der Waals surface area contributed by atoms with Gasteiger partial charge in [-0.2, -0.15) is 0 Å². The van der Waals surface area contributed by atoms with Gasteiger partial charge >= 0.3 is 0 Å². The van der Waals surface area contributed by atoms with Crippen molar-refractivity contribution in [2.45, 2.75) is 12.6 Å². The van der Waals surface area contributed by atoms with E-state index in [1.165, 1.54) is 6.07 Å². The number of nitrogens with one attached hydrogen (secondary N) is 1. The number of rotatable bonds is 3. The molecule has 2 aromatic rings. The maximum absolute atomic E-state index is 13.7. The Kier molecular flexibility index (Phi) is 3.35. The standard InChI is InChI=1S/C16H16FN3O/c1-20(9-10-4-2-3-5-13(10)17)11-6-7-12-14(8-11)19-16(21)15(12)18/h2-8,15H,9,18H2,1H3,(H,19,21). The molecule has 0 aliphatic carbocycles. The van der Waals surface area contributed by atoms with Crippen molar-refractivity contribution in [3.63, 3.8) is 0 Å². The van der Waals surface area contributed by atoms with E-state index in [0.29, 0.717) is 12.1 Å². The number of anilines is 2. The van der Waals surface area contributed by atoms with Gasteiger partial charge < -0.3 is 16.0 Å². The molecule has 1 unspecified atom stereocenters. The molecule has 1 aliphatic rings. The molecule has 3 rings (SSSR count). The second-order valence-corrected chi connectivity index (χ2v) is 5.19. The Balaban J connectivity index is 1.84. The summed E-state index contributed by atoms with van der Waals surface area (Å²) in [4.78, 5) is 13.5. The van der Waals surface area contributed by atoms with E-state index in [1.54, 1.807) is 12.1 Å². The first-order valence-corrected chi connectivity index (χ1v) is 6.71. The lowest BCUT2D eigenvalue weighted by Gasteiger charge is -2.20. The predicted molar refractivity (Wildman–Crippen MR) is 80.5 cm³/mol. The Morgan fingerprint density at radius 3 is 2.81 bits per heavy atom. The van der Waals surface area contributed by atoms with Crippen LogP contribution in [0.4, 0.5) is 15.8 Å². The van der Waals surface area contributed by atoms with Crippen LogP contribution in [-0.2, 0) is 11.3 Å². The van der Waals surface area contributed by atoms with Crippen LogP contribution >= 0.6 is 0 Å². The van der Waals surface area contributed by atoms with Crippen molar-refractivity contribution < 1.29 is 9.18 Å². The molecule has 1 atom stereocenters. The van der Waals surface area contributed by atoms with Gasteiger partial charge in [0.25, 0.3) is 0 Å². The molecule has 1 heterocycles. The van der Waals surface area contributed by atoms with Crippen LogP contribution in [0.25, 0.3) is 0 Å². The van der Waals surface area contributed by atoms with E-state index in [9.17, 15) is 9.18 Å². The van der Waals surface area contributed by atoms with E-state index >= 15 is 0 Å². The van der Waals surface area contributed by atoms with Crippen LogP contribution in [0, 0.1) is 5.82 Å². The largest absolute Gasteiger partial charge is 0.370 e. The molecule has 5 heteroatoms. The zero-order chi connectivity index (χ0) is 15.0. The van der Waals surface area contributed by atoms with E-state index in [1.807, 2.05) is 36.2 Å². The highest BCUT2D eigenvalue weighted by atomic mass is 19.1. The lowest BCUT2D eigenvalue weighted by molar-refractivity contribution is -0.116. The Hall–Kier alpha value is -2.40. The van der Waals surface area contributed by atoms with Crippen LogP contribution < -0.4 is 16.0 Å². The van der Waals surface area contributed by atoms with Crippen LogP contribution in [0.2, 0.25) is 0 Å². The van der Waals surface area contributed by atoms with Crippen LogP contribution in [-0.4, -0.2) is 13.0 Å². The average molecular weight is 285 g/mol. The fourth-order valence-corrected chi connectivity index (χ4v) is 2.49. The van der Waals surface area contributed by atoms with E-state index in [-0.39, 0.29) is 11.7 Å². The summed E-state index contributed by atoms with van der Waals surface area (Å²) >= 11 is 0. The molecule has 0 spiro atoms. The molecule has 1 amide bonds. The van der Waals surface area contributed by atoms with Gasteiger partial charge in [0.05, 0.1) is 0 Å². The van der Waals surface area contributed by atoms with Crippen molar-refractivity contribution in [1.82, 2.24) is 0 Å². The molecule has 108 valence electrons. The van der Waals surface area contributed by atoms with E-state index in [0.717, 1.165) is 16.9 Å². The van der Waals surface area contributed by atoms with E-state index < -0.39 is 6.04 Å². The Morgan fingerprint density at radius 1 is 1.29 bits per heavy atom. The van der Waals surface area contributed by atoms with Crippen molar-refractivity contribution in [3.05, 3.63) is 59.4 Å². The van der Waals surface area contributed by atoms with Gasteiger partial charge in [-0.25, -0.2) is 4.39 Å². The number of nitrogens with zero attached hydrogens (tertiary/aromatic N) is 1. The maximum atomic E-state index is 13.7. The van der Waals surface area contributed by atoms with Gasteiger partial charge in [-0.15, -0.1) is 0 Å². The lowest BCUT2D eigenvalue weighted by Crippen LogP contribution is -2.19. The highest BCUT2D eigenvalue weighted by Crippen LogP contribution is 2.32. The number of carbonyl (C=O) groups is 1. The number of hydrogen-bond donors (Lipinski definition) is 2. The van der Waals surface area contributed by atoms with Gasteiger partial charge in [-0.05, 0) is 18.2 Å². The van der Waals surface area contributed by atoms with Crippen LogP contribution in [0.5, 0.6) is 0 Å². The first-order valence-electron chi connectivity index (χ1n) is 6.71. The molecule has 0 radical (unpaired) electrons. The SMILES string of the molecule is CN(Cc1ccccc1F)c1ccc2c(c1)NC(=O)C2N. The molecule has 0 bridgehead atoms. The molecule has 0 saturated carbocycles. The van der Waals surface area contributed by atoms with Gasteiger partial charge in [0.1, 0.15) is 11.9 Å². The monoisotopic (exact) mass is 285 g/mol. The quantitative estimate of drug-likeness (QED) is 0.910. The molecule has 0 fully saturated rings. The first kappa shape index (κ1) is 13.6. The van der Waals surface area contributed by atoms with Crippen LogP contribution in [0.3, 0.4) is 0 Å². The zero-order valence-corrected chi connectivity index (χ0v) is 11.6. The normalized spacial score (nSPS) is 16.5. The van der Waals surface area contributed by atoms with Gasteiger partial charge in [0.2, 0.25) is 5.91 Å². The number of halogens is 1. The molecular weight excluding hydrogens is 269 g/mol. The fourth-order valence-electron chi connectivity index (χ4n) is 2.49. The van der Waals surface area contributed by atoms with Crippen LogP contribution in [0.1, 0.15) is 17.2 Å². The zero-order valence-electron chi connectivity index (χ0n) is 11.6. The summed E-state index contributed by atoms with van der Waals surface area (Å²) in [6.45, 7) is 0.450. The number of fused-ring (bicyclic) bond motifs is 1. The second-order valence-electron chi connectivity index (χ2n) is 5.19. The number of carbonyl (C=O) groups excluding carboxylic acids is 1. The van der Waals surface area contributed by atoms with Gasteiger partial charge in [-0.1, -0.05) is 24.3 Å². The summed E-state index contributed by atoms with van der Waals surface area (Å²) in [5.41, 5.74) is 8.83. The summed E-state index contributed by atoms with van der Waals surface area (Å²) in [7, 11) is 1.88. The summed E-state index contributed by atoms with van der Waals surface area (Å²) in [6.07, 6.45) is 0. The molecule has 2 aromatic carbocycles. The van der Waals surface area contributed by atoms with E-state index in [2.05, 4.69) is 5.32 Å². The third kappa shape index (κ3) is 2.48. The molecule has 1 aliphatic heterocycles. The minimum atomic E-state index is -0.606. The topological polar surface area (TPSA) is 58.4 Å². The smallest absolute Gasteiger partial charge is 0.245 e. The predicted octanol–water partition coefficient (Wildman–Crippen LogP) is 2.41. The number of benzene rings is 2. The van der Waals surface area contributed by atoms with Gasteiger partial charge in [0.15, 0.2) is 0 Å². The molecule has 0 aromatic heterocycles. The molecule has 4 nitrogen and oxygen atoms in total. The number of amides is 1. The third-order valence-corrected chi connectivity index (χ3v) is 3.72. The minimum absolute atomic E-state index is 0.195. The van der Waals surface area contributed by atoms with Crippen molar-refractivity contribution in [2.24, 2.45) is 5.73 Å². The summed E-state index contributed by atoms with van der Waals surface area (Å²) in [6, 6.07) is 11.7. The highest BCUT2D eigenvalue weighted by Gasteiger charge is 2.27. The maximum Gasteiger partial charge on any atom is 0.245 e.